The molecule has 4 heteroatoms. The lowest BCUT2D eigenvalue weighted by atomic mass is 10.1. The van der Waals surface area contributed by atoms with E-state index in [2.05, 4.69) is 5.32 Å². The molecule has 0 aliphatic carbocycles. The zero-order chi connectivity index (χ0) is 12.0. The molecule has 1 rings (SSSR count). The zero-order valence-corrected chi connectivity index (χ0v) is 10.7. The number of carbonyl (C=O) groups excluding carboxylic acids is 1. The van der Waals surface area contributed by atoms with Crippen LogP contribution in [0.3, 0.4) is 0 Å². The van der Waals surface area contributed by atoms with Crippen LogP contribution in [0.1, 0.15) is 15.9 Å². The van der Waals surface area contributed by atoms with Crippen molar-refractivity contribution in [3.8, 4) is 0 Å². The lowest BCUT2D eigenvalue weighted by molar-refractivity contribution is 0.0936. The molecule has 3 nitrogen and oxygen atoms in total. The van der Waals surface area contributed by atoms with Gasteiger partial charge in [0.1, 0.15) is 0 Å². The Morgan fingerprint density at radius 3 is 2.88 bits per heavy atom. The van der Waals surface area contributed by atoms with Gasteiger partial charge in [0.15, 0.2) is 0 Å². The Morgan fingerprint density at radius 1 is 1.50 bits per heavy atom. The Morgan fingerprint density at radius 2 is 2.25 bits per heavy atom. The summed E-state index contributed by atoms with van der Waals surface area (Å²) in [7, 11) is 1.62. The van der Waals surface area contributed by atoms with Gasteiger partial charge in [-0.15, -0.1) is 11.8 Å². The monoisotopic (exact) mass is 239 g/mol. The van der Waals surface area contributed by atoms with Crippen molar-refractivity contribution in [1.29, 1.82) is 0 Å². The molecular formula is C12H17NO2S. The summed E-state index contributed by atoms with van der Waals surface area (Å²) in [6, 6.07) is 5.91. The third-order valence-corrected chi connectivity index (χ3v) is 3.01. The highest BCUT2D eigenvalue weighted by atomic mass is 32.2. The molecule has 0 saturated heterocycles. The summed E-state index contributed by atoms with van der Waals surface area (Å²) < 4.78 is 4.88. The molecule has 0 aromatic heterocycles. The number of hydrogen-bond donors (Lipinski definition) is 1. The molecule has 0 heterocycles. The first-order valence-electron chi connectivity index (χ1n) is 5.11. The molecular weight excluding hydrogens is 222 g/mol. The number of nitrogens with one attached hydrogen (secondary N) is 1. The summed E-state index contributed by atoms with van der Waals surface area (Å²) >= 11 is 1.63. The number of amides is 1. The van der Waals surface area contributed by atoms with Crippen molar-refractivity contribution in [2.24, 2.45) is 0 Å². The predicted octanol–water partition coefficient (Wildman–Crippen LogP) is 2.09. The van der Waals surface area contributed by atoms with Gasteiger partial charge < -0.3 is 10.1 Å². The van der Waals surface area contributed by atoms with E-state index in [1.54, 1.807) is 18.9 Å². The Labute approximate surface area is 101 Å². The minimum absolute atomic E-state index is 0.0366. The Hall–Kier alpha value is -1.00. The van der Waals surface area contributed by atoms with E-state index < -0.39 is 0 Å². The molecule has 0 spiro atoms. The van der Waals surface area contributed by atoms with E-state index in [-0.39, 0.29) is 5.91 Å². The lowest BCUT2D eigenvalue weighted by Crippen LogP contribution is -2.27. The summed E-state index contributed by atoms with van der Waals surface area (Å²) in [6.07, 6.45) is 2.00. The van der Waals surface area contributed by atoms with Gasteiger partial charge in [-0.1, -0.05) is 6.07 Å². The summed E-state index contributed by atoms with van der Waals surface area (Å²) in [4.78, 5) is 12.9. The fourth-order valence-corrected chi connectivity index (χ4v) is 1.77. The van der Waals surface area contributed by atoms with Crippen molar-refractivity contribution in [1.82, 2.24) is 5.32 Å². The fourth-order valence-electron chi connectivity index (χ4n) is 1.33. The van der Waals surface area contributed by atoms with E-state index in [4.69, 9.17) is 4.74 Å². The third kappa shape index (κ3) is 3.54. The molecule has 1 amide bonds. The molecule has 0 saturated carbocycles. The molecule has 0 bridgehead atoms. The molecule has 1 aromatic rings. The first kappa shape index (κ1) is 13.1. The van der Waals surface area contributed by atoms with Gasteiger partial charge in [0.2, 0.25) is 0 Å². The van der Waals surface area contributed by atoms with Crippen LogP contribution in [0, 0.1) is 6.92 Å². The molecule has 0 unspecified atom stereocenters. The highest BCUT2D eigenvalue weighted by molar-refractivity contribution is 7.98. The van der Waals surface area contributed by atoms with Crippen LogP contribution in [0.4, 0.5) is 0 Å². The molecule has 0 atom stereocenters. The number of thioether (sulfide) groups is 1. The van der Waals surface area contributed by atoms with Crippen LogP contribution < -0.4 is 5.32 Å². The van der Waals surface area contributed by atoms with Crippen molar-refractivity contribution >= 4 is 17.7 Å². The number of hydrogen-bond acceptors (Lipinski definition) is 3. The molecule has 88 valence electrons. The van der Waals surface area contributed by atoms with Gasteiger partial charge in [-0.3, -0.25) is 4.79 Å². The molecule has 1 N–H and O–H groups in total. The average molecular weight is 239 g/mol. The fraction of sp³-hybridized carbons (Fsp3) is 0.417. The number of aryl methyl sites for hydroxylation is 1. The predicted molar refractivity (Wildman–Crippen MR) is 67.2 cm³/mol. The van der Waals surface area contributed by atoms with Gasteiger partial charge in [-0.2, -0.15) is 0 Å². The maximum Gasteiger partial charge on any atom is 0.251 e. The van der Waals surface area contributed by atoms with Crippen LogP contribution in [0.5, 0.6) is 0 Å². The molecule has 0 radical (unpaired) electrons. The number of methoxy groups -OCH3 is 1. The Balaban J connectivity index is 2.73. The topological polar surface area (TPSA) is 38.3 Å². The number of ether oxygens (including phenoxy) is 1. The largest absolute Gasteiger partial charge is 0.383 e. The van der Waals surface area contributed by atoms with E-state index in [9.17, 15) is 4.79 Å². The SMILES string of the molecule is COCCNC(=O)c1cc(SC)ccc1C. The first-order valence-corrected chi connectivity index (χ1v) is 6.33. The first-order chi connectivity index (χ1) is 7.69. The highest BCUT2D eigenvalue weighted by Crippen LogP contribution is 2.18. The van der Waals surface area contributed by atoms with Crippen LogP contribution in [-0.2, 0) is 4.74 Å². The van der Waals surface area contributed by atoms with Crippen LogP contribution in [-0.4, -0.2) is 32.4 Å². The van der Waals surface area contributed by atoms with E-state index in [0.29, 0.717) is 13.2 Å². The van der Waals surface area contributed by atoms with Gasteiger partial charge in [0.05, 0.1) is 6.61 Å². The summed E-state index contributed by atoms with van der Waals surface area (Å²) in [5, 5.41) is 2.82. The second kappa shape index (κ2) is 6.55. The van der Waals surface area contributed by atoms with E-state index in [1.807, 2.05) is 31.4 Å². The van der Waals surface area contributed by atoms with Crippen LogP contribution in [0.2, 0.25) is 0 Å². The van der Waals surface area contributed by atoms with Gasteiger partial charge in [0, 0.05) is 24.1 Å². The minimum atomic E-state index is -0.0366. The highest BCUT2D eigenvalue weighted by Gasteiger charge is 2.08. The summed E-state index contributed by atoms with van der Waals surface area (Å²) in [6.45, 7) is 3.01. The number of carbonyl (C=O) groups is 1. The number of benzene rings is 1. The second-order valence-corrected chi connectivity index (χ2v) is 4.31. The molecule has 16 heavy (non-hydrogen) atoms. The molecule has 0 fully saturated rings. The smallest absolute Gasteiger partial charge is 0.251 e. The van der Waals surface area contributed by atoms with E-state index in [0.717, 1.165) is 16.0 Å². The van der Waals surface area contributed by atoms with Crippen LogP contribution in [0.25, 0.3) is 0 Å². The standard InChI is InChI=1S/C12H17NO2S/c1-9-4-5-10(16-3)8-11(9)12(14)13-6-7-15-2/h4-5,8H,6-7H2,1-3H3,(H,13,14). The van der Waals surface area contributed by atoms with Gasteiger partial charge >= 0.3 is 0 Å². The second-order valence-electron chi connectivity index (χ2n) is 3.43. The lowest BCUT2D eigenvalue weighted by Gasteiger charge is -2.08. The Kier molecular flexibility index (Phi) is 5.35. The average Bonchev–Trinajstić information content (AvgIpc) is 2.30. The van der Waals surface area contributed by atoms with Crippen molar-refractivity contribution in [2.45, 2.75) is 11.8 Å². The summed E-state index contributed by atoms with van der Waals surface area (Å²) in [5.41, 5.74) is 1.73. The number of rotatable bonds is 5. The molecule has 0 aliphatic heterocycles. The van der Waals surface area contributed by atoms with Gasteiger partial charge in [-0.25, -0.2) is 0 Å². The Bertz CT molecular complexity index is 366. The summed E-state index contributed by atoms with van der Waals surface area (Å²) in [5.74, 6) is -0.0366. The maximum absolute atomic E-state index is 11.8. The molecule has 0 aliphatic rings. The van der Waals surface area contributed by atoms with Crippen molar-refractivity contribution in [2.75, 3.05) is 26.5 Å². The van der Waals surface area contributed by atoms with Crippen molar-refractivity contribution in [3.63, 3.8) is 0 Å². The van der Waals surface area contributed by atoms with E-state index in [1.165, 1.54) is 0 Å². The van der Waals surface area contributed by atoms with Gasteiger partial charge in [-0.05, 0) is 30.9 Å². The maximum atomic E-state index is 11.8. The van der Waals surface area contributed by atoms with E-state index >= 15 is 0 Å². The van der Waals surface area contributed by atoms with Crippen LogP contribution in [0.15, 0.2) is 23.1 Å². The van der Waals surface area contributed by atoms with Gasteiger partial charge in [0.25, 0.3) is 5.91 Å². The molecule has 1 aromatic carbocycles. The van der Waals surface area contributed by atoms with Crippen molar-refractivity contribution < 1.29 is 9.53 Å². The van der Waals surface area contributed by atoms with Crippen LogP contribution >= 0.6 is 11.8 Å². The minimum Gasteiger partial charge on any atom is -0.383 e. The quantitative estimate of drug-likeness (QED) is 0.631. The van der Waals surface area contributed by atoms with Crippen molar-refractivity contribution in [3.05, 3.63) is 29.3 Å². The third-order valence-electron chi connectivity index (χ3n) is 2.28. The zero-order valence-electron chi connectivity index (χ0n) is 9.87. The normalized spacial score (nSPS) is 10.2.